The molecule has 22 heavy (non-hydrogen) atoms. The first-order valence-electron chi connectivity index (χ1n) is 6.01. The number of nitrogen functional groups attached to an aromatic ring is 2. The van der Waals surface area contributed by atoms with Crippen molar-refractivity contribution in [2.75, 3.05) is 11.5 Å². The third-order valence-corrected chi connectivity index (χ3v) is 2.73. The fourth-order valence-electron chi connectivity index (χ4n) is 1.81. The number of anilines is 2. The standard InChI is InChI=1S/C13H11N7O.ClH/c14-12-16-5-3-8(19-12)7-1-2-10(21)11(18-7)9-4-6-17-13(15)20-9;/h1-6,21H,(H2,14,16,19)(H2,15,17,20);1H. The van der Waals surface area contributed by atoms with Gasteiger partial charge >= 0.3 is 0 Å². The van der Waals surface area contributed by atoms with Crippen LogP contribution in [0, 0.1) is 0 Å². The van der Waals surface area contributed by atoms with Crippen LogP contribution in [0.1, 0.15) is 0 Å². The van der Waals surface area contributed by atoms with Gasteiger partial charge in [-0.05, 0) is 24.3 Å². The molecule has 3 heterocycles. The van der Waals surface area contributed by atoms with Crippen molar-refractivity contribution in [3.8, 4) is 28.5 Å². The van der Waals surface area contributed by atoms with E-state index in [0.29, 0.717) is 22.8 Å². The minimum Gasteiger partial charge on any atom is -0.506 e. The zero-order valence-corrected chi connectivity index (χ0v) is 12.0. The Morgan fingerprint density at radius 3 is 1.91 bits per heavy atom. The summed E-state index contributed by atoms with van der Waals surface area (Å²) < 4.78 is 0. The van der Waals surface area contributed by atoms with E-state index in [1.807, 2.05) is 0 Å². The van der Waals surface area contributed by atoms with E-state index in [-0.39, 0.29) is 30.1 Å². The van der Waals surface area contributed by atoms with Crippen LogP contribution >= 0.6 is 12.4 Å². The van der Waals surface area contributed by atoms with Gasteiger partial charge in [0.25, 0.3) is 0 Å². The summed E-state index contributed by atoms with van der Waals surface area (Å²) in [5.41, 5.74) is 12.9. The van der Waals surface area contributed by atoms with Crippen LogP contribution in [0.25, 0.3) is 22.8 Å². The molecule has 0 radical (unpaired) electrons. The van der Waals surface area contributed by atoms with E-state index in [9.17, 15) is 5.11 Å². The van der Waals surface area contributed by atoms with Gasteiger partial charge in [0.05, 0.1) is 17.1 Å². The van der Waals surface area contributed by atoms with Gasteiger partial charge < -0.3 is 16.6 Å². The molecule has 0 aliphatic rings. The highest BCUT2D eigenvalue weighted by Crippen LogP contribution is 2.28. The first-order valence-corrected chi connectivity index (χ1v) is 6.01. The second-order valence-electron chi connectivity index (χ2n) is 4.16. The van der Waals surface area contributed by atoms with Crippen molar-refractivity contribution < 1.29 is 5.11 Å². The molecular formula is C13H12ClN7O. The third-order valence-electron chi connectivity index (χ3n) is 2.73. The Kier molecular flexibility index (Phi) is 4.33. The molecule has 0 aliphatic heterocycles. The molecule has 0 aliphatic carbocycles. The predicted molar refractivity (Wildman–Crippen MR) is 84.0 cm³/mol. The van der Waals surface area contributed by atoms with Crippen molar-refractivity contribution in [3.63, 3.8) is 0 Å². The van der Waals surface area contributed by atoms with Gasteiger partial charge in [-0.15, -0.1) is 12.4 Å². The molecule has 0 saturated carbocycles. The van der Waals surface area contributed by atoms with Crippen molar-refractivity contribution in [1.29, 1.82) is 0 Å². The van der Waals surface area contributed by atoms with Gasteiger partial charge in [-0.2, -0.15) is 0 Å². The molecule has 8 nitrogen and oxygen atoms in total. The fraction of sp³-hybridized carbons (Fsp3) is 0. The van der Waals surface area contributed by atoms with Crippen LogP contribution in [0.5, 0.6) is 5.75 Å². The number of aromatic nitrogens is 5. The normalized spacial score (nSPS) is 10.0. The molecule has 5 N–H and O–H groups in total. The molecule has 0 fully saturated rings. The number of aromatic hydroxyl groups is 1. The number of hydrogen-bond donors (Lipinski definition) is 3. The van der Waals surface area contributed by atoms with Crippen LogP contribution in [-0.2, 0) is 0 Å². The maximum absolute atomic E-state index is 9.96. The molecule has 9 heteroatoms. The van der Waals surface area contributed by atoms with E-state index in [2.05, 4.69) is 24.9 Å². The minimum atomic E-state index is -0.0149. The quantitative estimate of drug-likeness (QED) is 0.643. The van der Waals surface area contributed by atoms with E-state index >= 15 is 0 Å². The highest BCUT2D eigenvalue weighted by molar-refractivity contribution is 5.85. The number of nitrogens with two attached hydrogens (primary N) is 2. The van der Waals surface area contributed by atoms with Crippen molar-refractivity contribution >= 4 is 24.3 Å². The van der Waals surface area contributed by atoms with Crippen LogP contribution in [0.4, 0.5) is 11.9 Å². The van der Waals surface area contributed by atoms with Crippen molar-refractivity contribution in [1.82, 2.24) is 24.9 Å². The van der Waals surface area contributed by atoms with Crippen LogP contribution < -0.4 is 11.5 Å². The Bertz CT molecular complexity index is 812. The summed E-state index contributed by atoms with van der Waals surface area (Å²) in [4.78, 5) is 20.1. The van der Waals surface area contributed by atoms with Gasteiger partial charge in [-0.1, -0.05) is 0 Å². The predicted octanol–water partition coefficient (Wildman–Crippen LogP) is 1.29. The van der Waals surface area contributed by atoms with Crippen LogP contribution in [0.15, 0.2) is 36.7 Å². The number of hydrogen-bond acceptors (Lipinski definition) is 8. The van der Waals surface area contributed by atoms with Gasteiger partial charge in [0.2, 0.25) is 11.9 Å². The van der Waals surface area contributed by atoms with Crippen LogP contribution in [-0.4, -0.2) is 30.0 Å². The average molecular weight is 318 g/mol. The van der Waals surface area contributed by atoms with E-state index in [4.69, 9.17) is 11.5 Å². The Morgan fingerprint density at radius 2 is 1.27 bits per heavy atom. The Labute approximate surface area is 131 Å². The molecule has 112 valence electrons. The number of rotatable bonds is 2. The highest BCUT2D eigenvalue weighted by atomic mass is 35.5. The SMILES string of the molecule is Cl.Nc1nccc(-c2ccc(O)c(-c3ccnc(N)n3)n2)n1. The second-order valence-corrected chi connectivity index (χ2v) is 4.16. The van der Waals surface area contributed by atoms with Crippen molar-refractivity contribution in [3.05, 3.63) is 36.7 Å². The third kappa shape index (κ3) is 3.01. The zero-order chi connectivity index (χ0) is 14.8. The van der Waals surface area contributed by atoms with E-state index in [0.717, 1.165) is 0 Å². The summed E-state index contributed by atoms with van der Waals surface area (Å²) in [5, 5.41) is 9.96. The molecule has 0 bridgehead atoms. The van der Waals surface area contributed by atoms with E-state index < -0.39 is 0 Å². The first kappa shape index (κ1) is 15.4. The Hall–Kier alpha value is -3.00. The fourth-order valence-corrected chi connectivity index (χ4v) is 1.81. The summed E-state index contributed by atoms with van der Waals surface area (Å²) in [6, 6.07) is 6.42. The van der Waals surface area contributed by atoms with E-state index in [1.165, 1.54) is 18.5 Å². The summed E-state index contributed by atoms with van der Waals surface area (Å²) in [5.74, 6) is 0.236. The monoisotopic (exact) mass is 317 g/mol. The topological polar surface area (TPSA) is 137 Å². The maximum atomic E-state index is 9.96. The van der Waals surface area contributed by atoms with E-state index in [1.54, 1.807) is 18.2 Å². The highest BCUT2D eigenvalue weighted by Gasteiger charge is 2.11. The Balaban J connectivity index is 0.00000176. The summed E-state index contributed by atoms with van der Waals surface area (Å²) >= 11 is 0. The van der Waals surface area contributed by atoms with Crippen molar-refractivity contribution in [2.45, 2.75) is 0 Å². The number of pyridine rings is 1. The van der Waals surface area contributed by atoms with Gasteiger partial charge in [0.1, 0.15) is 11.4 Å². The van der Waals surface area contributed by atoms with Gasteiger partial charge in [0.15, 0.2) is 0 Å². The smallest absolute Gasteiger partial charge is 0.220 e. The molecule has 0 amide bonds. The van der Waals surface area contributed by atoms with Crippen LogP contribution in [0.2, 0.25) is 0 Å². The van der Waals surface area contributed by atoms with Crippen molar-refractivity contribution in [2.24, 2.45) is 0 Å². The largest absolute Gasteiger partial charge is 0.506 e. The molecule has 3 rings (SSSR count). The molecule has 3 aromatic heterocycles. The van der Waals surface area contributed by atoms with Gasteiger partial charge in [-0.3, -0.25) is 0 Å². The lowest BCUT2D eigenvalue weighted by Crippen LogP contribution is -1.99. The molecule has 0 aromatic carbocycles. The molecule has 0 unspecified atom stereocenters. The summed E-state index contributed by atoms with van der Waals surface area (Å²) in [6.45, 7) is 0. The minimum absolute atomic E-state index is 0. The lowest BCUT2D eigenvalue weighted by molar-refractivity contribution is 0.475. The number of nitrogens with zero attached hydrogens (tertiary/aromatic N) is 5. The van der Waals surface area contributed by atoms with Crippen LogP contribution in [0.3, 0.4) is 0 Å². The number of halogens is 1. The average Bonchev–Trinajstić information content (AvgIpc) is 2.47. The molecule has 3 aromatic rings. The molecule has 0 saturated heterocycles. The lowest BCUT2D eigenvalue weighted by atomic mass is 10.2. The van der Waals surface area contributed by atoms with Gasteiger partial charge in [0, 0.05) is 12.4 Å². The molecule has 0 spiro atoms. The first-order chi connectivity index (χ1) is 10.1. The summed E-state index contributed by atoms with van der Waals surface area (Å²) in [7, 11) is 0. The maximum Gasteiger partial charge on any atom is 0.220 e. The Morgan fingerprint density at radius 1 is 0.727 bits per heavy atom. The zero-order valence-electron chi connectivity index (χ0n) is 11.2. The second kappa shape index (κ2) is 6.19. The summed E-state index contributed by atoms with van der Waals surface area (Å²) in [6.07, 6.45) is 3.03. The lowest BCUT2D eigenvalue weighted by Gasteiger charge is -2.06. The van der Waals surface area contributed by atoms with Gasteiger partial charge in [-0.25, -0.2) is 24.9 Å². The molecule has 0 atom stereocenters. The molecular weight excluding hydrogens is 306 g/mol.